The van der Waals surface area contributed by atoms with Gasteiger partial charge in [0.25, 0.3) is 0 Å². The first kappa shape index (κ1) is 22.2. The summed E-state index contributed by atoms with van der Waals surface area (Å²) >= 11 is 3.22. The van der Waals surface area contributed by atoms with Crippen LogP contribution in [0.4, 0.5) is 4.39 Å². The van der Waals surface area contributed by atoms with Crippen LogP contribution in [-0.2, 0) is 12.3 Å². The maximum absolute atomic E-state index is 13.2. The van der Waals surface area contributed by atoms with Crippen LogP contribution < -0.4 is 4.74 Å². The summed E-state index contributed by atoms with van der Waals surface area (Å²) in [6.45, 7) is 8.39. The third-order valence-electron chi connectivity index (χ3n) is 4.75. The molecule has 0 amide bonds. The van der Waals surface area contributed by atoms with Gasteiger partial charge in [-0.3, -0.25) is 4.57 Å². The highest BCUT2D eigenvalue weighted by Gasteiger charge is 2.19. The van der Waals surface area contributed by atoms with E-state index in [-0.39, 0.29) is 11.9 Å². The zero-order chi connectivity index (χ0) is 22.5. The second-order valence-corrected chi connectivity index (χ2v) is 9.05. The summed E-state index contributed by atoms with van der Waals surface area (Å²) in [4.78, 5) is 4.77. The lowest BCUT2D eigenvalue weighted by Gasteiger charge is -2.15. The topological polar surface area (TPSA) is 52.8 Å². The van der Waals surface area contributed by atoms with E-state index in [2.05, 4.69) is 53.3 Å². The van der Waals surface area contributed by atoms with Gasteiger partial charge in [-0.1, -0.05) is 47.7 Å². The number of thioether (sulfide) groups is 1. The van der Waals surface area contributed by atoms with E-state index < -0.39 is 0 Å². The van der Waals surface area contributed by atoms with E-state index in [0.29, 0.717) is 23.9 Å². The van der Waals surface area contributed by atoms with Gasteiger partial charge in [0.1, 0.15) is 16.6 Å². The Labute approximate surface area is 195 Å². The van der Waals surface area contributed by atoms with Crippen molar-refractivity contribution in [1.29, 1.82) is 0 Å². The zero-order valence-corrected chi connectivity index (χ0v) is 19.5. The normalized spacial score (nSPS) is 12.0. The van der Waals surface area contributed by atoms with Gasteiger partial charge in [0, 0.05) is 23.2 Å². The molecular weight excluding hydrogens is 443 g/mol. The first-order valence-electron chi connectivity index (χ1n) is 10.1. The van der Waals surface area contributed by atoms with Gasteiger partial charge in [-0.15, -0.1) is 28.1 Å². The summed E-state index contributed by atoms with van der Waals surface area (Å²) in [5.74, 6) is 1.65. The fraction of sp³-hybridized carbons (Fsp3) is 0.208. The molecular formula is C24H23FN4OS2. The molecule has 0 aliphatic heterocycles. The van der Waals surface area contributed by atoms with Crippen LogP contribution in [0.1, 0.15) is 30.1 Å². The number of hydrogen-bond donors (Lipinski definition) is 0. The van der Waals surface area contributed by atoms with Crippen molar-refractivity contribution in [1.82, 2.24) is 19.7 Å². The van der Waals surface area contributed by atoms with E-state index in [0.717, 1.165) is 21.4 Å². The van der Waals surface area contributed by atoms with E-state index in [1.807, 2.05) is 11.5 Å². The fourth-order valence-corrected chi connectivity index (χ4v) is 4.90. The van der Waals surface area contributed by atoms with Crippen molar-refractivity contribution >= 4 is 23.1 Å². The molecule has 4 aromatic rings. The molecule has 2 heterocycles. The number of hydrogen-bond acceptors (Lipinski definition) is 6. The SMILES string of the molecule is C=CCn1c(SCc2csc(-c3ccc(C)cc3)n2)nnc1C(C)Oc1ccc(F)cc1. The highest BCUT2D eigenvalue weighted by atomic mass is 32.2. The highest BCUT2D eigenvalue weighted by molar-refractivity contribution is 7.98. The van der Waals surface area contributed by atoms with Gasteiger partial charge in [-0.25, -0.2) is 9.37 Å². The molecule has 0 fully saturated rings. The Morgan fingerprint density at radius 3 is 2.62 bits per heavy atom. The van der Waals surface area contributed by atoms with Crippen LogP contribution in [0.5, 0.6) is 5.75 Å². The summed E-state index contributed by atoms with van der Waals surface area (Å²) in [7, 11) is 0. The molecule has 0 aliphatic carbocycles. The zero-order valence-electron chi connectivity index (χ0n) is 17.9. The predicted octanol–water partition coefficient (Wildman–Crippen LogP) is 6.47. The third kappa shape index (κ3) is 5.26. The molecule has 32 heavy (non-hydrogen) atoms. The molecule has 0 aliphatic rings. The van der Waals surface area contributed by atoms with Crippen molar-refractivity contribution in [2.45, 2.75) is 37.4 Å². The number of ether oxygens (including phenoxy) is 1. The Balaban J connectivity index is 1.46. The average molecular weight is 467 g/mol. The Kier molecular flexibility index (Phi) is 7.02. The summed E-state index contributed by atoms with van der Waals surface area (Å²) in [5.41, 5.74) is 3.36. The summed E-state index contributed by atoms with van der Waals surface area (Å²) in [6.07, 6.45) is 1.45. The molecule has 0 N–H and O–H groups in total. The van der Waals surface area contributed by atoms with Crippen molar-refractivity contribution in [2.24, 2.45) is 0 Å². The molecule has 2 aromatic carbocycles. The minimum absolute atomic E-state index is 0.300. The number of aryl methyl sites for hydroxylation is 1. The van der Waals surface area contributed by atoms with Crippen molar-refractivity contribution in [3.8, 4) is 16.3 Å². The lowest BCUT2D eigenvalue weighted by Crippen LogP contribution is -2.12. The molecule has 5 nitrogen and oxygen atoms in total. The van der Waals surface area contributed by atoms with E-state index in [1.54, 1.807) is 41.3 Å². The monoisotopic (exact) mass is 466 g/mol. The van der Waals surface area contributed by atoms with Crippen molar-refractivity contribution in [3.63, 3.8) is 0 Å². The van der Waals surface area contributed by atoms with Crippen LogP contribution in [-0.4, -0.2) is 19.7 Å². The number of nitrogens with zero attached hydrogens (tertiary/aromatic N) is 4. The van der Waals surface area contributed by atoms with Gasteiger partial charge in [-0.2, -0.15) is 0 Å². The van der Waals surface area contributed by atoms with Crippen LogP contribution in [0.3, 0.4) is 0 Å². The second-order valence-electron chi connectivity index (χ2n) is 7.25. The molecule has 0 saturated carbocycles. The summed E-state index contributed by atoms with van der Waals surface area (Å²) < 4.78 is 21.1. The van der Waals surface area contributed by atoms with E-state index in [1.165, 1.54) is 17.7 Å². The fourth-order valence-electron chi connectivity index (χ4n) is 3.12. The maximum atomic E-state index is 13.2. The minimum atomic E-state index is -0.352. The second kappa shape index (κ2) is 10.1. The molecule has 4 rings (SSSR count). The van der Waals surface area contributed by atoms with E-state index in [9.17, 15) is 4.39 Å². The third-order valence-corrected chi connectivity index (χ3v) is 6.69. The molecule has 0 radical (unpaired) electrons. The first-order chi connectivity index (χ1) is 15.5. The van der Waals surface area contributed by atoms with Gasteiger partial charge >= 0.3 is 0 Å². The number of aromatic nitrogens is 4. The van der Waals surface area contributed by atoms with Crippen molar-refractivity contribution < 1.29 is 9.13 Å². The Hall–Kier alpha value is -2.97. The van der Waals surface area contributed by atoms with Crippen LogP contribution in [0.2, 0.25) is 0 Å². The Morgan fingerprint density at radius 1 is 1.16 bits per heavy atom. The Bertz CT molecular complexity index is 1190. The van der Waals surface area contributed by atoms with Gasteiger partial charge in [0.15, 0.2) is 17.1 Å². The maximum Gasteiger partial charge on any atom is 0.192 e. The van der Waals surface area contributed by atoms with Crippen LogP contribution in [0, 0.1) is 12.7 Å². The van der Waals surface area contributed by atoms with Gasteiger partial charge < -0.3 is 4.74 Å². The van der Waals surface area contributed by atoms with Crippen LogP contribution in [0.15, 0.2) is 71.7 Å². The molecule has 2 aromatic heterocycles. The summed E-state index contributed by atoms with van der Waals surface area (Å²) in [5, 5.41) is 12.6. The lowest BCUT2D eigenvalue weighted by atomic mass is 10.2. The first-order valence-corrected chi connectivity index (χ1v) is 12.0. The van der Waals surface area contributed by atoms with Gasteiger partial charge in [0.2, 0.25) is 0 Å². The van der Waals surface area contributed by atoms with Crippen molar-refractivity contribution in [2.75, 3.05) is 0 Å². The molecule has 1 atom stereocenters. The van der Waals surface area contributed by atoms with Crippen LogP contribution >= 0.6 is 23.1 Å². The van der Waals surface area contributed by atoms with E-state index in [4.69, 9.17) is 9.72 Å². The molecule has 0 bridgehead atoms. The number of thiazole rings is 1. The standard InChI is InChI=1S/C24H23FN4OS2/c1-4-13-29-22(17(3)30-21-11-9-19(25)10-12-21)27-28-24(29)32-15-20-14-31-23(26-20)18-7-5-16(2)6-8-18/h4-12,14,17H,1,13,15H2,2-3H3. The van der Waals surface area contributed by atoms with Gasteiger partial charge in [0.05, 0.1) is 5.69 Å². The van der Waals surface area contributed by atoms with E-state index >= 15 is 0 Å². The number of allylic oxidation sites excluding steroid dienone is 1. The largest absolute Gasteiger partial charge is 0.483 e. The average Bonchev–Trinajstić information content (AvgIpc) is 3.42. The number of halogens is 1. The van der Waals surface area contributed by atoms with Gasteiger partial charge in [-0.05, 0) is 38.1 Å². The van der Waals surface area contributed by atoms with Crippen molar-refractivity contribution in [3.05, 3.63) is 89.5 Å². The molecule has 8 heteroatoms. The minimum Gasteiger partial charge on any atom is -0.483 e. The number of rotatable bonds is 9. The predicted molar refractivity (Wildman–Crippen MR) is 128 cm³/mol. The smallest absolute Gasteiger partial charge is 0.192 e. The summed E-state index contributed by atoms with van der Waals surface area (Å²) in [6, 6.07) is 14.3. The molecule has 1 unspecified atom stereocenters. The van der Waals surface area contributed by atoms with Crippen LogP contribution in [0.25, 0.3) is 10.6 Å². The molecule has 0 saturated heterocycles. The number of benzene rings is 2. The highest BCUT2D eigenvalue weighted by Crippen LogP contribution is 2.29. The lowest BCUT2D eigenvalue weighted by molar-refractivity contribution is 0.210. The quantitative estimate of drug-likeness (QED) is 0.209. The molecule has 0 spiro atoms. The molecule has 164 valence electrons. The Morgan fingerprint density at radius 2 is 1.91 bits per heavy atom.